The number of nitrogens with zero attached hydrogens (tertiary/aromatic N) is 1. The van der Waals surface area contributed by atoms with Gasteiger partial charge in [0.25, 0.3) is 0 Å². The van der Waals surface area contributed by atoms with Gasteiger partial charge in [0, 0.05) is 19.1 Å². The van der Waals surface area contributed by atoms with Crippen LogP contribution in [-0.4, -0.2) is 37.1 Å². The molecule has 0 aromatic carbocycles. The largest absolute Gasteiger partial charge is 0.312 e. The van der Waals surface area contributed by atoms with Crippen LogP contribution in [-0.2, 0) is 0 Å². The van der Waals surface area contributed by atoms with Gasteiger partial charge in [-0.1, -0.05) is 6.92 Å². The minimum atomic E-state index is 0.817. The Kier molecular flexibility index (Phi) is 3.82. The van der Waals surface area contributed by atoms with Gasteiger partial charge in [-0.3, -0.25) is 0 Å². The summed E-state index contributed by atoms with van der Waals surface area (Å²) in [4.78, 5) is 2.59. The molecule has 82 valence electrons. The van der Waals surface area contributed by atoms with Gasteiger partial charge in [0.2, 0.25) is 0 Å². The molecule has 2 nitrogen and oxygen atoms in total. The first-order chi connectivity index (χ1) is 6.90. The smallest absolute Gasteiger partial charge is 0.0107 e. The highest BCUT2D eigenvalue weighted by Crippen LogP contribution is 2.33. The lowest BCUT2D eigenvalue weighted by molar-refractivity contribution is 0.320. The average molecular weight is 196 g/mol. The van der Waals surface area contributed by atoms with Crippen LogP contribution in [0.3, 0.4) is 0 Å². The molecule has 1 saturated heterocycles. The van der Waals surface area contributed by atoms with E-state index in [9.17, 15) is 0 Å². The number of hydrogen-bond donors (Lipinski definition) is 1. The molecule has 2 aliphatic rings. The number of rotatable bonds is 6. The molecule has 2 fully saturated rings. The third kappa shape index (κ3) is 2.96. The first-order valence-electron chi connectivity index (χ1n) is 6.36. The van der Waals surface area contributed by atoms with Gasteiger partial charge in [-0.2, -0.15) is 0 Å². The van der Waals surface area contributed by atoms with E-state index in [4.69, 9.17) is 0 Å². The molecular weight excluding hydrogens is 172 g/mol. The Morgan fingerprint density at radius 2 is 2.00 bits per heavy atom. The molecule has 0 aromatic rings. The van der Waals surface area contributed by atoms with Gasteiger partial charge in [0.15, 0.2) is 0 Å². The fourth-order valence-electron chi connectivity index (χ4n) is 2.56. The predicted molar refractivity (Wildman–Crippen MR) is 60.5 cm³/mol. The molecule has 0 aromatic heterocycles. The molecule has 0 amide bonds. The first kappa shape index (κ1) is 10.4. The van der Waals surface area contributed by atoms with Gasteiger partial charge in [-0.25, -0.2) is 0 Å². The zero-order valence-electron chi connectivity index (χ0n) is 9.47. The summed E-state index contributed by atoms with van der Waals surface area (Å²) in [5.74, 6) is 1.01. The molecule has 1 aliphatic heterocycles. The van der Waals surface area contributed by atoms with Crippen molar-refractivity contribution in [2.45, 2.75) is 45.1 Å². The lowest BCUT2D eigenvalue weighted by Crippen LogP contribution is -2.37. The van der Waals surface area contributed by atoms with E-state index in [1.165, 1.54) is 58.3 Å². The van der Waals surface area contributed by atoms with Crippen LogP contribution in [0, 0.1) is 5.92 Å². The molecule has 2 heteroatoms. The lowest BCUT2D eigenvalue weighted by Gasteiger charge is -2.19. The SMILES string of the molecule is CCC(NCCN1CCCC1)C1CC1. The average Bonchev–Trinajstić information content (AvgIpc) is 2.91. The zero-order chi connectivity index (χ0) is 9.80. The van der Waals surface area contributed by atoms with E-state index in [0.717, 1.165) is 12.0 Å². The van der Waals surface area contributed by atoms with E-state index >= 15 is 0 Å². The fourth-order valence-corrected chi connectivity index (χ4v) is 2.56. The van der Waals surface area contributed by atoms with Crippen molar-refractivity contribution in [1.29, 1.82) is 0 Å². The minimum Gasteiger partial charge on any atom is -0.312 e. The van der Waals surface area contributed by atoms with Gasteiger partial charge in [-0.05, 0) is 51.1 Å². The van der Waals surface area contributed by atoms with E-state index in [1.54, 1.807) is 0 Å². The van der Waals surface area contributed by atoms with Gasteiger partial charge in [0.05, 0.1) is 0 Å². The lowest BCUT2D eigenvalue weighted by atomic mass is 10.1. The maximum Gasteiger partial charge on any atom is 0.0107 e. The molecular formula is C12H24N2. The van der Waals surface area contributed by atoms with Crippen LogP contribution >= 0.6 is 0 Å². The topological polar surface area (TPSA) is 15.3 Å². The second-order valence-electron chi connectivity index (χ2n) is 4.86. The third-order valence-corrected chi connectivity index (χ3v) is 3.66. The van der Waals surface area contributed by atoms with E-state index in [0.29, 0.717) is 0 Å². The summed E-state index contributed by atoms with van der Waals surface area (Å²) < 4.78 is 0. The standard InChI is InChI=1S/C12H24N2/c1-2-12(11-5-6-11)13-7-10-14-8-3-4-9-14/h11-13H,2-10H2,1H3. The van der Waals surface area contributed by atoms with Crippen molar-refractivity contribution < 1.29 is 0 Å². The Balaban J connectivity index is 1.56. The van der Waals surface area contributed by atoms with Gasteiger partial charge >= 0.3 is 0 Å². The summed E-state index contributed by atoms with van der Waals surface area (Å²) in [7, 11) is 0. The predicted octanol–water partition coefficient (Wildman–Crippen LogP) is 1.86. The van der Waals surface area contributed by atoms with Crippen molar-refractivity contribution in [3.05, 3.63) is 0 Å². The summed E-state index contributed by atoms with van der Waals surface area (Å²) in [6.45, 7) is 7.45. The molecule has 1 heterocycles. The highest BCUT2D eigenvalue weighted by atomic mass is 15.2. The van der Waals surface area contributed by atoms with Crippen molar-refractivity contribution in [3.63, 3.8) is 0 Å². The minimum absolute atomic E-state index is 0.817. The number of hydrogen-bond acceptors (Lipinski definition) is 2. The fraction of sp³-hybridized carbons (Fsp3) is 1.00. The van der Waals surface area contributed by atoms with Gasteiger partial charge in [0.1, 0.15) is 0 Å². The van der Waals surface area contributed by atoms with E-state index in [-0.39, 0.29) is 0 Å². The van der Waals surface area contributed by atoms with E-state index in [1.807, 2.05) is 0 Å². The Morgan fingerprint density at radius 1 is 1.29 bits per heavy atom. The molecule has 0 radical (unpaired) electrons. The molecule has 1 unspecified atom stereocenters. The molecule has 1 aliphatic carbocycles. The van der Waals surface area contributed by atoms with Crippen molar-refractivity contribution in [3.8, 4) is 0 Å². The molecule has 0 bridgehead atoms. The monoisotopic (exact) mass is 196 g/mol. The molecule has 0 spiro atoms. The van der Waals surface area contributed by atoms with Crippen molar-refractivity contribution in [1.82, 2.24) is 10.2 Å². The highest BCUT2D eigenvalue weighted by Gasteiger charge is 2.29. The maximum atomic E-state index is 3.72. The third-order valence-electron chi connectivity index (χ3n) is 3.66. The summed E-state index contributed by atoms with van der Waals surface area (Å²) in [6, 6.07) is 0.817. The van der Waals surface area contributed by atoms with Crippen LogP contribution in [0.15, 0.2) is 0 Å². The normalized spacial score (nSPS) is 25.5. The van der Waals surface area contributed by atoms with Crippen LogP contribution in [0.1, 0.15) is 39.0 Å². The van der Waals surface area contributed by atoms with Gasteiger partial charge in [-0.15, -0.1) is 0 Å². The Bertz CT molecular complexity index is 160. The Labute approximate surface area is 88.1 Å². The summed E-state index contributed by atoms with van der Waals surface area (Å²) in [5.41, 5.74) is 0. The summed E-state index contributed by atoms with van der Waals surface area (Å²) in [6.07, 6.45) is 7.08. The maximum absolute atomic E-state index is 3.72. The second kappa shape index (κ2) is 5.13. The van der Waals surface area contributed by atoms with Gasteiger partial charge < -0.3 is 10.2 Å². The van der Waals surface area contributed by atoms with E-state index < -0.39 is 0 Å². The van der Waals surface area contributed by atoms with Crippen molar-refractivity contribution in [2.75, 3.05) is 26.2 Å². The summed E-state index contributed by atoms with van der Waals surface area (Å²) in [5, 5.41) is 3.72. The van der Waals surface area contributed by atoms with E-state index in [2.05, 4.69) is 17.1 Å². The zero-order valence-corrected chi connectivity index (χ0v) is 9.47. The number of nitrogens with one attached hydrogen (secondary N) is 1. The molecule has 2 rings (SSSR count). The van der Waals surface area contributed by atoms with Crippen LogP contribution in [0.25, 0.3) is 0 Å². The Morgan fingerprint density at radius 3 is 2.57 bits per heavy atom. The quantitative estimate of drug-likeness (QED) is 0.697. The molecule has 1 N–H and O–H groups in total. The first-order valence-corrected chi connectivity index (χ1v) is 6.36. The van der Waals surface area contributed by atoms with Crippen molar-refractivity contribution >= 4 is 0 Å². The van der Waals surface area contributed by atoms with Crippen molar-refractivity contribution in [2.24, 2.45) is 5.92 Å². The summed E-state index contributed by atoms with van der Waals surface area (Å²) >= 11 is 0. The second-order valence-corrected chi connectivity index (χ2v) is 4.86. The molecule has 1 saturated carbocycles. The number of likely N-dealkylation sites (tertiary alicyclic amines) is 1. The van der Waals surface area contributed by atoms with Crippen LogP contribution in [0.2, 0.25) is 0 Å². The van der Waals surface area contributed by atoms with Crippen LogP contribution in [0.5, 0.6) is 0 Å². The highest BCUT2D eigenvalue weighted by molar-refractivity contribution is 4.85. The van der Waals surface area contributed by atoms with Crippen LogP contribution < -0.4 is 5.32 Å². The molecule has 14 heavy (non-hydrogen) atoms. The Hall–Kier alpha value is -0.0800. The van der Waals surface area contributed by atoms with Crippen LogP contribution in [0.4, 0.5) is 0 Å². The molecule has 1 atom stereocenters.